The van der Waals surface area contributed by atoms with Gasteiger partial charge in [-0.05, 0) is 25.8 Å². The zero-order chi connectivity index (χ0) is 13.1. The molecule has 0 amide bonds. The molecule has 0 aromatic rings. The Hall–Kier alpha value is 0.110. The van der Waals surface area contributed by atoms with Crippen LogP contribution < -0.4 is 5.32 Å². The Bertz CT molecular complexity index is 211. The van der Waals surface area contributed by atoms with Gasteiger partial charge in [-0.15, -0.1) is 0 Å². The maximum absolute atomic E-state index is 11.2. The Kier molecular flexibility index (Phi) is 9.86. The van der Waals surface area contributed by atoms with E-state index in [0.29, 0.717) is 6.04 Å². The van der Waals surface area contributed by atoms with Crippen LogP contribution in [-0.4, -0.2) is 28.3 Å². The molecule has 2 nitrogen and oxygen atoms in total. The van der Waals surface area contributed by atoms with Crippen molar-refractivity contribution in [1.29, 1.82) is 0 Å². The van der Waals surface area contributed by atoms with Crippen molar-refractivity contribution in [1.82, 2.24) is 5.32 Å². The van der Waals surface area contributed by atoms with E-state index in [4.69, 9.17) is 0 Å². The second-order valence-corrected chi connectivity index (χ2v) is 7.25. The first-order valence-electron chi connectivity index (χ1n) is 7.91. The number of hydrogen-bond donors (Lipinski definition) is 1. The van der Waals surface area contributed by atoms with Gasteiger partial charge in [-0.1, -0.05) is 51.9 Å². The van der Waals surface area contributed by atoms with Crippen LogP contribution >= 0.6 is 0 Å². The monoisotopic (exact) mass is 273 g/mol. The summed E-state index contributed by atoms with van der Waals surface area (Å²) < 4.78 is 11.2. The molecule has 0 radical (unpaired) electrons. The zero-order valence-corrected chi connectivity index (χ0v) is 12.9. The van der Waals surface area contributed by atoms with E-state index >= 15 is 0 Å². The van der Waals surface area contributed by atoms with E-state index in [1.807, 2.05) is 0 Å². The maximum Gasteiger partial charge on any atom is 0.0249 e. The highest BCUT2D eigenvalue weighted by Crippen LogP contribution is 2.10. The van der Waals surface area contributed by atoms with Crippen molar-refractivity contribution in [2.45, 2.75) is 77.2 Å². The van der Waals surface area contributed by atoms with Crippen LogP contribution in [-0.2, 0) is 10.8 Å². The molecule has 18 heavy (non-hydrogen) atoms. The van der Waals surface area contributed by atoms with E-state index in [-0.39, 0.29) is 0 Å². The molecule has 1 N–H and O–H groups in total. The summed E-state index contributed by atoms with van der Waals surface area (Å²) in [7, 11) is -0.516. The van der Waals surface area contributed by atoms with E-state index in [1.165, 1.54) is 51.4 Å². The highest BCUT2D eigenvalue weighted by atomic mass is 32.2. The molecule has 1 fully saturated rings. The minimum Gasteiger partial charge on any atom is -0.314 e. The van der Waals surface area contributed by atoms with E-state index < -0.39 is 10.8 Å². The summed E-state index contributed by atoms with van der Waals surface area (Å²) in [5, 5.41) is 3.62. The molecule has 0 saturated carbocycles. The Morgan fingerprint density at radius 2 is 1.50 bits per heavy atom. The van der Waals surface area contributed by atoms with E-state index in [2.05, 4.69) is 12.2 Å². The minimum atomic E-state index is -0.516. The normalized spacial score (nSPS) is 24.3. The van der Waals surface area contributed by atoms with Gasteiger partial charge in [0.2, 0.25) is 0 Å². The Balaban J connectivity index is 1.80. The van der Waals surface area contributed by atoms with Crippen LogP contribution in [0.4, 0.5) is 0 Å². The Morgan fingerprint density at radius 1 is 0.944 bits per heavy atom. The average molecular weight is 273 g/mol. The van der Waals surface area contributed by atoms with Gasteiger partial charge in [0, 0.05) is 28.3 Å². The van der Waals surface area contributed by atoms with Crippen molar-refractivity contribution in [3.05, 3.63) is 0 Å². The lowest BCUT2D eigenvalue weighted by Gasteiger charge is -2.22. The van der Waals surface area contributed by atoms with Crippen molar-refractivity contribution < 1.29 is 4.21 Å². The SMILES string of the molecule is CCCCCCCCCCNC1CCS(=O)CC1. The number of rotatable bonds is 10. The highest BCUT2D eigenvalue weighted by molar-refractivity contribution is 7.85. The molecule has 1 aliphatic rings. The van der Waals surface area contributed by atoms with Gasteiger partial charge in [-0.2, -0.15) is 0 Å². The molecule has 0 bridgehead atoms. The lowest BCUT2D eigenvalue weighted by molar-refractivity contribution is 0.460. The summed E-state index contributed by atoms with van der Waals surface area (Å²) in [4.78, 5) is 0. The third kappa shape index (κ3) is 8.25. The van der Waals surface area contributed by atoms with Gasteiger partial charge in [-0.3, -0.25) is 4.21 Å². The molecular weight excluding hydrogens is 242 g/mol. The molecule has 1 rings (SSSR count). The van der Waals surface area contributed by atoms with Gasteiger partial charge in [0.1, 0.15) is 0 Å². The molecule has 1 aliphatic heterocycles. The Labute approximate surface area is 116 Å². The van der Waals surface area contributed by atoms with Crippen molar-refractivity contribution in [2.24, 2.45) is 0 Å². The maximum atomic E-state index is 11.2. The van der Waals surface area contributed by atoms with E-state index in [9.17, 15) is 4.21 Å². The third-order valence-corrected chi connectivity index (χ3v) is 5.23. The van der Waals surface area contributed by atoms with Crippen LogP contribution in [0, 0.1) is 0 Å². The van der Waals surface area contributed by atoms with Crippen LogP contribution in [0.1, 0.15) is 71.1 Å². The molecule has 1 heterocycles. The van der Waals surface area contributed by atoms with Crippen molar-refractivity contribution in [3.8, 4) is 0 Å². The van der Waals surface area contributed by atoms with Gasteiger partial charge >= 0.3 is 0 Å². The summed E-state index contributed by atoms with van der Waals surface area (Å²) in [6, 6.07) is 0.646. The summed E-state index contributed by atoms with van der Waals surface area (Å²) in [5.41, 5.74) is 0. The van der Waals surface area contributed by atoms with Crippen LogP contribution in [0.15, 0.2) is 0 Å². The fourth-order valence-corrected chi connectivity index (χ4v) is 3.86. The third-order valence-electron chi connectivity index (χ3n) is 3.85. The summed E-state index contributed by atoms with van der Waals surface area (Å²) in [6.45, 7) is 3.43. The predicted molar refractivity (Wildman–Crippen MR) is 81.5 cm³/mol. The standard InChI is InChI=1S/C15H31NOS/c1-2-3-4-5-6-7-8-9-12-16-15-10-13-18(17)14-11-15/h15-16H,2-14H2,1H3. The van der Waals surface area contributed by atoms with Gasteiger partial charge in [-0.25, -0.2) is 0 Å². The molecule has 108 valence electrons. The number of hydrogen-bond acceptors (Lipinski definition) is 2. The Morgan fingerprint density at radius 3 is 2.11 bits per heavy atom. The van der Waals surface area contributed by atoms with Crippen molar-refractivity contribution in [3.63, 3.8) is 0 Å². The molecule has 3 heteroatoms. The summed E-state index contributed by atoms with van der Waals surface area (Å²) >= 11 is 0. The fraction of sp³-hybridized carbons (Fsp3) is 1.00. The van der Waals surface area contributed by atoms with Gasteiger partial charge < -0.3 is 5.32 Å². The highest BCUT2D eigenvalue weighted by Gasteiger charge is 2.16. The lowest BCUT2D eigenvalue weighted by atomic mass is 10.1. The largest absolute Gasteiger partial charge is 0.314 e. The van der Waals surface area contributed by atoms with Crippen LogP contribution in [0.5, 0.6) is 0 Å². The van der Waals surface area contributed by atoms with Crippen LogP contribution in [0.3, 0.4) is 0 Å². The molecular formula is C15H31NOS. The zero-order valence-electron chi connectivity index (χ0n) is 12.1. The quantitative estimate of drug-likeness (QED) is 0.616. The van der Waals surface area contributed by atoms with Crippen LogP contribution in [0.2, 0.25) is 0 Å². The first-order valence-corrected chi connectivity index (χ1v) is 9.40. The second-order valence-electron chi connectivity index (χ2n) is 5.55. The molecule has 0 aliphatic carbocycles. The number of unbranched alkanes of at least 4 members (excludes halogenated alkanes) is 7. The summed E-state index contributed by atoms with van der Waals surface area (Å²) in [5.74, 6) is 1.82. The van der Waals surface area contributed by atoms with E-state index in [1.54, 1.807) is 0 Å². The smallest absolute Gasteiger partial charge is 0.0249 e. The van der Waals surface area contributed by atoms with E-state index in [0.717, 1.165) is 30.9 Å². The first-order chi connectivity index (χ1) is 8.83. The van der Waals surface area contributed by atoms with Gasteiger partial charge in [0.15, 0.2) is 0 Å². The topological polar surface area (TPSA) is 29.1 Å². The van der Waals surface area contributed by atoms with Crippen LogP contribution in [0.25, 0.3) is 0 Å². The molecule has 0 unspecified atom stereocenters. The van der Waals surface area contributed by atoms with Gasteiger partial charge in [0.25, 0.3) is 0 Å². The lowest BCUT2D eigenvalue weighted by Crippen LogP contribution is -2.36. The molecule has 0 spiro atoms. The first kappa shape index (κ1) is 16.2. The molecule has 0 atom stereocenters. The molecule has 0 aromatic carbocycles. The second kappa shape index (κ2) is 11.0. The fourth-order valence-electron chi connectivity index (χ4n) is 2.56. The molecule has 0 aromatic heterocycles. The predicted octanol–water partition coefficient (Wildman–Crippen LogP) is 3.63. The minimum absolute atomic E-state index is 0.516. The van der Waals surface area contributed by atoms with Gasteiger partial charge in [0.05, 0.1) is 0 Å². The average Bonchev–Trinajstić information content (AvgIpc) is 2.39. The van der Waals surface area contributed by atoms with Crippen molar-refractivity contribution >= 4 is 10.8 Å². The summed E-state index contributed by atoms with van der Waals surface area (Å²) in [6.07, 6.45) is 13.3. The van der Waals surface area contributed by atoms with Crippen molar-refractivity contribution in [2.75, 3.05) is 18.1 Å². The number of nitrogens with one attached hydrogen (secondary N) is 1. The molecule has 1 saturated heterocycles.